The lowest BCUT2D eigenvalue weighted by molar-refractivity contribution is -0.630. The highest BCUT2D eigenvalue weighted by atomic mass is 14.9. The molecule has 1 aliphatic carbocycles. The molecule has 1 nitrogen and oxygen atoms in total. The molecule has 0 saturated heterocycles. The van der Waals surface area contributed by atoms with Gasteiger partial charge in [0.1, 0.15) is 0 Å². The quantitative estimate of drug-likeness (QED) is 0.614. The highest BCUT2D eigenvalue weighted by Gasteiger charge is 2.56. The van der Waals surface area contributed by atoms with Crippen LogP contribution in [0.5, 0.6) is 0 Å². The molecule has 0 aliphatic heterocycles. The van der Waals surface area contributed by atoms with Crippen molar-refractivity contribution in [3.8, 4) is 0 Å². The fraction of sp³-hybridized carbons (Fsp3) is 0.818. The number of allylic oxidation sites excluding steroid dienone is 2. The molecule has 0 radical (unpaired) electrons. The molecular weight excluding hydrogens is 146 g/mol. The SMILES string of the molecule is C[NH2+]C[C@@H]1[C@H](C=C(C)C)C1(C)C. The minimum atomic E-state index is 0.559. The molecule has 0 bridgehead atoms. The summed E-state index contributed by atoms with van der Waals surface area (Å²) in [7, 11) is 2.16. The van der Waals surface area contributed by atoms with Gasteiger partial charge in [-0.15, -0.1) is 0 Å². The average molecular weight is 168 g/mol. The normalized spacial score (nSPS) is 31.4. The Morgan fingerprint density at radius 2 is 2.00 bits per heavy atom. The fourth-order valence-electron chi connectivity index (χ4n) is 2.18. The number of hydrogen-bond acceptors (Lipinski definition) is 0. The summed E-state index contributed by atoms with van der Waals surface area (Å²) >= 11 is 0. The van der Waals surface area contributed by atoms with Crippen molar-refractivity contribution in [1.29, 1.82) is 0 Å². The van der Waals surface area contributed by atoms with Crippen molar-refractivity contribution in [2.45, 2.75) is 27.7 Å². The van der Waals surface area contributed by atoms with Crippen molar-refractivity contribution < 1.29 is 5.32 Å². The Bertz CT molecular complexity index is 187. The summed E-state index contributed by atoms with van der Waals surface area (Å²) in [6.07, 6.45) is 2.44. The molecular formula is C11H22N+. The predicted molar refractivity (Wildman–Crippen MR) is 52.9 cm³/mol. The molecule has 2 atom stereocenters. The van der Waals surface area contributed by atoms with E-state index in [2.05, 4.69) is 46.1 Å². The Kier molecular flexibility index (Phi) is 2.62. The molecule has 1 aliphatic rings. The summed E-state index contributed by atoms with van der Waals surface area (Å²) in [5, 5.41) is 2.30. The van der Waals surface area contributed by atoms with Gasteiger partial charge in [-0.05, 0) is 25.2 Å². The average Bonchev–Trinajstić information content (AvgIpc) is 2.39. The van der Waals surface area contributed by atoms with Crippen LogP contribution in [0.15, 0.2) is 11.6 Å². The summed E-state index contributed by atoms with van der Waals surface area (Å²) in [5.74, 6) is 1.73. The van der Waals surface area contributed by atoms with Gasteiger partial charge in [-0.2, -0.15) is 0 Å². The Hall–Kier alpha value is -0.300. The third-order valence-corrected chi connectivity index (χ3v) is 3.14. The van der Waals surface area contributed by atoms with Crippen LogP contribution in [0.1, 0.15) is 27.7 Å². The Morgan fingerprint density at radius 1 is 1.42 bits per heavy atom. The van der Waals surface area contributed by atoms with Crippen molar-refractivity contribution in [2.75, 3.05) is 13.6 Å². The first-order valence-electron chi connectivity index (χ1n) is 4.93. The van der Waals surface area contributed by atoms with E-state index >= 15 is 0 Å². The van der Waals surface area contributed by atoms with Gasteiger partial charge < -0.3 is 5.32 Å². The molecule has 70 valence electrons. The maximum absolute atomic E-state index is 2.44. The molecule has 1 rings (SSSR count). The van der Waals surface area contributed by atoms with Crippen LogP contribution in [0.25, 0.3) is 0 Å². The Balaban J connectivity index is 2.54. The molecule has 1 saturated carbocycles. The summed E-state index contributed by atoms with van der Waals surface area (Å²) in [6, 6.07) is 0. The third kappa shape index (κ3) is 1.71. The zero-order valence-corrected chi connectivity index (χ0v) is 9.02. The second-order valence-electron chi connectivity index (χ2n) is 4.84. The molecule has 1 heteroatoms. The summed E-state index contributed by atoms with van der Waals surface area (Å²) in [6.45, 7) is 10.4. The minimum absolute atomic E-state index is 0.559. The minimum Gasteiger partial charge on any atom is -0.348 e. The Morgan fingerprint density at radius 3 is 2.42 bits per heavy atom. The number of nitrogens with two attached hydrogens (primary N) is 1. The van der Waals surface area contributed by atoms with Crippen LogP contribution in [0, 0.1) is 17.3 Å². The van der Waals surface area contributed by atoms with Crippen LogP contribution < -0.4 is 5.32 Å². The second kappa shape index (κ2) is 3.21. The van der Waals surface area contributed by atoms with E-state index < -0.39 is 0 Å². The first-order valence-corrected chi connectivity index (χ1v) is 4.93. The van der Waals surface area contributed by atoms with Gasteiger partial charge in [0.25, 0.3) is 0 Å². The van der Waals surface area contributed by atoms with E-state index in [1.54, 1.807) is 0 Å². The predicted octanol–water partition coefficient (Wildman–Crippen LogP) is 1.42. The van der Waals surface area contributed by atoms with Crippen molar-refractivity contribution in [3.63, 3.8) is 0 Å². The topological polar surface area (TPSA) is 16.6 Å². The molecule has 0 aromatic carbocycles. The molecule has 0 spiro atoms. The highest BCUT2D eigenvalue weighted by Crippen LogP contribution is 2.58. The lowest BCUT2D eigenvalue weighted by Gasteiger charge is -1.98. The van der Waals surface area contributed by atoms with Crippen LogP contribution in [0.4, 0.5) is 0 Å². The largest absolute Gasteiger partial charge is 0.348 e. The van der Waals surface area contributed by atoms with Crippen molar-refractivity contribution >= 4 is 0 Å². The van der Waals surface area contributed by atoms with Crippen molar-refractivity contribution in [1.82, 2.24) is 0 Å². The van der Waals surface area contributed by atoms with Gasteiger partial charge in [0.15, 0.2) is 0 Å². The van der Waals surface area contributed by atoms with E-state index in [1.165, 1.54) is 12.1 Å². The third-order valence-electron chi connectivity index (χ3n) is 3.14. The van der Waals surface area contributed by atoms with Crippen LogP contribution in [0.2, 0.25) is 0 Å². The van der Waals surface area contributed by atoms with E-state index in [-0.39, 0.29) is 0 Å². The lowest BCUT2D eigenvalue weighted by atomic mass is 10.1. The highest BCUT2D eigenvalue weighted by molar-refractivity contribution is 5.16. The second-order valence-corrected chi connectivity index (χ2v) is 4.84. The van der Waals surface area contributed by atoms with Crippen LogP contribution >= 0.6 is 0 Å². The lowest BCUT2D eigenvalue weighted by Crippen LogP contribution is -2.80. The van der Waals surface area contributed by atoms with Crippen LogP contribution in [-0.4, -0.2) is 13.6 Å². The van der Waals surface area contributed by atoms with Gasteiger partial charge in [0, 0.05) is 5.92 Å². The van der Waals surface area contributed by atoms with Gasteiger partial charge in [0.2, 0.25) is 0 Å². The zero-order valence-electron chi connectivity index (χ0n) is 9.02. The van der Waals surface area contributed by atoms with Gasteiger partial charge in [0.05, 0.1) is 13.6 Å². The van der Waals surface area contributed by atoms with Gasteiger partial charge in [-0.3, -0.25) is 0 Å². The summed E-state index contributed by atoms with van der Waals surface area (Å²) in [5.41, 5.74) is 2.02. The van der Waals surface area contributed by atoms with Gasteiger partial charge in [-0.25, -0.2) is 0 Å². The Labute approximate surface area is 76.2 Å². The number of quaternary nitrogens is 1. The molecule has 0 amide bonds. The number of hydrogen-bond donors (Lipinski definition) is 1. The van der Waals surface area contributed by atoms with E-state index in [4.69, 9.17) is 0 Å². The zero-order chi connectivity index (χ0) is 9.35. The number of rotatable bonds is 3. The van der Waals surface area contributed by atoms with Gasteiger partial charge >= 0.3 is 0 Å². The first-order chi connectivity index (χ1) is 5.50. The van der Waals surface area contributed by atoms with Crippen LogP contribution in [-0.2, 0) is 0 Å². The van der Waals surface area contributed by atoms with Crippen molar-refractivity contribution in [2.24, 2.45) is 17.3 Å². The van der Waals surface area contributed by atoms with Crippen molar-refractivity contribution in [3.05, 3.63) is 11.6 Å². The molecule has 12 heavy (non-hydrogen) atoms. The summed E-state index contributed by atoms with van der Waals surface area (Å²) < 4.78 is 0. The van der Waals surface area contributed by atoms with E-state index in [9.17, 15) is 0 Å². The summed E-state index contributed by atoms with van der Waals surface area (Å²) in [4.78, 5) is 0. The van der Waals surface area contributed by atoms with Crippen LogP contribution in [0.3, 0.4) is 0 Å². The smallest absolute Gasteiger partial charge is 0.0793 e. The molecule has 0 aromatic rings. The standard InChI is InChI=1S/C11H21N/c1-8(2)6-9-10(7-12-5)11(9,3)4/h6,9-10,12H,7H2,1-5H3/p+1/t9-,10+/m0/s1. The maximum atomic E-state index is 2.44. The molecule has 0 aromatic heterocycles. The molecule has 0 unspecified atom stereocenters. The molecule has 1 fully saturated rings. The van der Waals surface area contributed by atoms with E-state index in [0.717, 1.165) is 11.8 Å². The van der Waals surface area contributed by atoms with E-state index in [0.29, 0.717) is 5.41 Å². The van der Waals surface area contributed by atoms with Gasteiger partial charge in [-0.1, -0.05) is 25.5 Å². The molecule has 0 heterocycles. The monoisotopic (exact) mass is 168 g/mol. The maximum Gasteiger partial charge on any atom is 0.0793 e. The first kappa shape index (κ1) is 9.79. The van der Waals surface area contributed by atoms with E-state index in [1.807, 2.05) is 0 Å². The molecule has 2 N–H and O–H groups in total. The fourth-order valence-corrected chi connectivity index (χ4v) is 2.18.